The Labute approximate surface area is 148 Å². The zero-order valence-corrected chi connectivity index (χ0v) is 13.9. The van der Waals surface area contributed by atoms with Gasteiger partial charge in [-0.1, -0.05) is 0 Å². The van der Waals surface area contributed by atoms with Crippen LogP contribution >= 0.6 is 0 Å². The molecule has 3 aromatic rings. The summed E-state index contributed by atoms with van der Waals surface area (Å²) < 4.78 is 27.8. The Hall–Kier alpha value is -3.02. The second kappa shape index (κ2) is 6.05. The lowest BCUT2D eigenvalue weighted by molar-refractivity contribution is 0.396. The van der Waals surface area contributed by atoms with Gasteiger partial charge in [-0.3, -0.25) is 0 Å². The fourth-order valence-electron chi connectivity index (χ4n) is 3.76. The molecular formula is C20H17F2N3O. The van der Waals surface area contributed by atoms with Crippen LogP contribution in [0.1, 0.15) is 29.5 Å². The molecule has 1 aliphatic rings. The molecule has 4 nitrogen and oxygen atoms in total. The van der Waals surface area contributed by atoms with E-state index in [2.05, 4.69) is 4.98 Å². The zero-order chi connectivity index (χ0) is 18.4. The number of hydrogen-bond donors (Lipinski definition) is 3. The van der Waals surface area contributed by atoms with Gasteiger partial charge >= 0.3 is 0 Å². The maximum Gasteiger partial charge on any atom is 0.187 e. The van der Waals surface area contributed by atoms with Crippen LogP contribution in [0.2, 0.25) is 0 Å². The van der Waals surface area contributed by atoms with E-state index in [0.29, 0.717) is 28.0 Å². The Kier molecular flexibility index (Phi) is 3.83. The lowest BCUT2D eigenvalue weighted by atomic mass is 9.85. The molecule has 0 unspecified atom stereocenters. The first-order valence-corrected chi connectivity index (χ1v) is 8.44. The van der Waals surface area contributed by atoms with Crippen molar-refractivity contribution in [2.75, 3.05) is 5.73 Å². The number of aromatic nitrogens is 1. The van der Waals surface area contributed by atoms with E-state index in [-0.39, 0.29) is 0 Å². The molecule has 0 saturated heterocycles. The minimum Gasteiger partial charge on any atom is -0.503 e. The van der Waals surface area contributed by atoms with Gasteiger partial charge in [0.1, 0.15) is 0 Å². The van der Waals surface area contributed by atoms with E-state index in [1.165, 1.54) is 6.21 Å². The number of aromatic hydroxyl groups is 1. The summed E-state index contributed by atoms with van der Waals surface area (Å²) in [6.45, 7) is 0. The van der Waals surface area contributed by atoms with Crippen molar-refractivity contribution < 1.29 is 13.9 Å². The molecule has 0 fully saturated rings. The number of aryl methyl sites for hydroxylation is 1. The van der Waals surface area contributed by atoms with Crippen LogP contribution in [-0.2, 0) is 12.8 Å². The number of phenolic OH excluding ortho intramolecular Hbond substituents is 1. The fraction of sp³-hybridized carbons (Fsp3) is 0.200. The van der Waals surface area contributed by atoms with Gasteiger partial charge in [0.25, 0.3) is 0 Å². The number of pyridine rings is 1. The van der Waals surface area contributed by atoms with Crippen molar-refractivity contribution in [2.45, 2.75) is 25.7 Å². The molecule has 4 N–H and O–H groups in total. The molecule has 26 heavy (non-hydrogen) atoms. The van der Waals surface area contributed by atoms with Crippen molar-refractivity contribution in [1.82, 2.24) is 4.98 Å². The molecule has 0 atom stereocenters. The molecule has 4 rings (SSSR count). The zero-order valence-electron chi connectivity index (χ0n) is 13.9. The minimum atomic E-state index is -1.01. The molecule has 1 heterocycles. The van der Waals surface area contributed by atoms with Gasteiger partial charge in [0.2, 0.25) is 0 Å². The second-order valence-electron chi connectivity index (χ2n) is 6.52. The summed E-state index contributed by atoms with van der Waals surface area (Å²) in [5, 5.41) is 17.9. The third kappa shape index (κ3) is 2.41. The van der Waals surface area contributed by atoms with Gasteiger partial charge in [0.15, 0.2) is 17.4 Å². The third-order valence-electron chi connectivity index (χ3n) is 4.98. The number of nitrogens with two attached hydrogens (primary N) is 1. The van der Waals surface area contributed by atoms with Gasteiger partial charge < -0.3 is 16.2 Å². The highest BCUT2D eigenvalue weighted by Gasteiger charge is 2.23. The Morgan fingerprint density at radius 1 is 1.08 bits per heavy atom. The number of rotatable bonds is 2. The van der Waals surface area contributed by atoms with Crippen molar-refractivity contribution >= 4 is 22.8 Å². The van der Waals surface area contributed by atoms with Crippen LogP contribution in [0.25, 0.3) is 22.2 Å². The number of anilines is 1. The summed E-state index contributed by atoms with van der Waals surface area (Å²) in [5.41, 5.74) is 10.6. The quantitative estimate of drug-likeness (QED) is 0.473. The molecule has 1 aromatic heterocycles. The van der Waals surface area contributed by atoms with E-state index < -0.39 is 17.4 Å². The molecular weight excluding hydrogens is 336 g/mol. The van der Waals surface area contributed by atoms with Crippen LogP contribution < -0.4 is 5.73 Å². The van der Waals surface area contributed by atoms with Crippen LogP contribution in [0, 0.1) is 17.0 Å². The molecule has 0 bridgehead atoms. The standard InChI is InChI=1S/C20H17F2N3O/c21-14-7-10(8-15(22)20(14)26)19-12-4-2-1-3-11(12)18-13(9-23)16(24)5-6-17(18)25-19/h5-9,23,26H,1-4,24H2. The molecule has 6 heteroatoms. The number of benzene rings is 2. The van der Waals surface area contributed by atoms with E-state index >= 15 is 0 Å². The van der Waals surface area contributed by atoms with Crippen molar-refractivity contribution in [3.8, 4) is 17.0 Å². The van der Waals surface area contributed by atoms with Crippen LogP contribution in [-0.4, -0.2) is 16.3 Å². The highest BCUT2D eigenvalue weighted by Crippen LogP contribution is 2.38. The summed E-state index contributed by atoms with van der Waals surface area (Å²) in [6.07, 6.45) is 4.72. The number of nitrogen functional groups attached to an aromatic ring is 1. The summed E-state index contributed by atoms with van der Waals surface area (Å²) in [7, 11) is 0. The number of hydrogen-bond acceptors (Lipinski definition) is 4. The predicted octanol–water partition coefficient (Wildman–Crippen LogP) is 4.34. The maximum absolute atomic E-state index is 13.9. The molecule has 0 saturated carbocycles. The Balaban J connectivity index is 2.09. The molecule has 2 aromatic carbocycles. The Bertz CT molecular complexity index is 1040. The van der Waals surface area contributed by atoms with Crippen LogP contribution in [0.5, 0.6) is 5.75 Å². The smallest absolute Gasteiger partial charge is 0.187 e. The van der Waals surface area contributed by atoms with Crippen LogP contribution in [0.4, 0.5) is 14.5 Å². The van der Waals surface area contributed by atoms with E-state index in [9.17, 15) is 13.9 Å². The molecule has 0 amide bonds. The van der Waals surface area contributed by atoms with Crippen LogP contribution in [0.15, 0.2) is 24.3 Å². The van der Waals surface area contributed by atoms with Crippen molar-refractivity contribution in [2.24, 2.45) is 0 Å². The lowest BCUT2D eigenvalue weighted by Crippen LogP contribution is -2.10. The lowest BCUT2D eigenvalue weighted by Gasteiger charge is -2.23. The first-order valence-electron chi connectivity index (χ1n) is 8.44. The van der Waals surface area contributed by atoms with Gasteiger partial charge in [-0.25, -0.2) is 13.8 Å². The number of nitrogens with zero attached hydrogens (tertiary/aromatic N) is 1. The number of nitrogens with one attached hydrogen (secondary N) is 1. The topological polar surface area (TPSA) is 83.0 Å². The summed E-state index contributed by atoms with van der Waals surface area (Å²) in [5.74, 6) is -3.00. The highest BCUT2D eigenvalue weighted by molar-refractivity contribution is 6.05. The van der Waals surface area contributed by atoms with Gasteiger partial charge in [-0.15, -0.1) is 0 Å². The highest BCUT2D eigenvalue weighted by atomic mass is 19.1. The average molecular weight is 353 g/mol. The first-order chi connectivity index (χ1) is 12.5. The fourth-order valence-corrected chi connectivity index (χ4v) is 3.76. The summed E-state index contributed by atoms with van der Waals surface area (Å²) in [4.78, 5) is 4.65. The number of halogens is 2. The molecule has 0 radical (unpaired) electrons. The third-order valence-corrected chi connectivity index (χ3v) is 4.98. The molecule has 0 spiro atoms. The van der Waals surface area contributed by atoms with E-state index in [4.69, 9.17) is 11.1 Å². The van der Waals surface area contributed by atoms with Gasteiger partial charge in [-0.2, -0.15) is 0 Å². The van der Waals surface area contributed by atoms with Crippen molar-refractivity contribution in [1.29, 1.82) is 5.41 Å². The average Bonchev–Trinajstić information content (AvgIpc) is 2.65. The maximum atomic E-state index is 13.9. The summed E-state index contributed by atoms with van der Waals surface area (Å²) >= 11 is 0. The van der Waals surface area contributed by atoms with Gasteiger partial charge in [0.05, 0.1) is 11.2 Å². The SMILES string of the molecule is N=Cc1c(N)ccc2nc(-c3cc(F)c(O)c(F)c3)c3c(c12)CCCC3. The molecule has 0 aliphatic heterocycles. The number of fused-ring (bicyclic) bond motifs is 3. The van der Waals surface area contributed by atoms with Gasteiger partial charge in [-0.05, 0) is 61.1 Å². The molecule has 1 aliphatic carbocycles. The van der Waals surface area contributed by atoms with E-state index in [1.807, 2.05) is 0 Å². The second-order valence-corrected chi connectivity index (χ2v) is 6.52. The van der Waals surface area contributed by atoms with Crippen molar-refractivity contribution in [3.05, 3.63) is 52.6 Å². The summed E-state index contributed by atoms with van der Waals surface area (Å²) in [6, 6.07) is 5.67. The largest absolute Gasteiger partial charge is 0.503 e. The monoisotopic (exact) mass is 353 g/mol. The van der Waals surface area contributed by atoms with Gasteiger partial charge in [0, 0.05) is 28.4 Å². The van der Waals surface area contributed by atoms with Crippen LogP contribution in [0.3, 0.4) is 0 Å². The Morgan fingerprint density at radius 2 is 1.73 bits per heavy atom. The molecule has 132 valence electrons. The normalized spacial score (nSPS) is 13.6. The Morgan fingerprint density at radius 3 is 2.38 bits per heavy atom. The minimum absolute atomic E-state index is 0.297. The van der Waals surface area contributed by atoms with E-state index in [0.717, 1.165) is 54.3 Å². The van der Waals surface area contributed by atoms with Crippen molar-refractivity contribution in [3.63, 3.8) is 0 Å². The predicted molar refractivity (Wildman–Crippen MR) is 97.7 cm³/mol. The van der Waals surface area contributed by atoms with E-state index in [1.54, 1.807) is 12.1 Å². The number of phenols is 1. The first kappa shape index (κ1) is 16.4.